The van der Waals surface area contributed by atoms with Crippen molar-refractivity contribution in [1.82, 2.24) is 0 Å². The Balaban J connectivity index is -0.000000491. The summed E-state index contributed by atoms with van der Waals surface area (Å²) in [5.41, 5.74) is 1.37. The first kappa shape index (κ1) is 37.1. The summed E-state index contributed by atoms with van der Waals surface area (Å²) < 4.78 is 13.3. The summed E-state index contributed by atoms with van der Waals surface area (Å²) in [6.07, 6.45) is -1.44. The van der Waals surface area contributed by atoms with Crippen molar-refractivity contribution in [3.63, 3.8) is 0 Å². The molecule has 0 saturated carbocycles. The van der Waals surface area contributed by atoms with Crippen LogP contribution >= 0.6 is 0 Å². The zero-order valence-corrected chi connectivity index (χ0v) is 19.9. The minimum Gasteiger partial charge on any atom is -0.496 e. The highest BCUT2D eigenvalue weighted by molar-refractivity contribution is 5.78. The van der Waals surface area contributed by atoms with E-state index in [1.807, 2.05) is 12.1 Å². The smallest absolute Gasteiger partial charge is 0.412 e. The van der Waals surface area contributed by atoms with Gasteiger partial charge >= 0.3 is 31.2 Å². The Bertz CT molecular complexity index is 1070. The molecule has 1 N–H and O–H groups in total. The third-order valence-corrected chi connectivity index (χ3v) is 3.36. The zero-order chi connectivity index (χ0) is 30.1. The number of carbonyl (C=O) groups excluding carboxylic acids is 4. The Morgan fingerprint density at radius 2 is 1.32 bits per heavy atom. The van der Waals surface area contributed by atoms with Gasteiger partial charge in [0.25, 0.3) is 5.69 Å². The van der Waals surface area contributed by atoms with Crippen LogP contribution in [0.15, 0.2) is 48.5 Å². The number of benzene rings is 2. The number of carboxylic acids is 1. The van der Waals surface area contributed by atoms with E-state index in [0.717, 1.165) is 12.7 Å². The second kappa shape index (κ2) is 23.3. The van der Waals surface area contributed by atoms with Gasteiger partial charge in [0.05, 0.1) is 22.5 Å². The average Bonchev–Trinajstić information content (AvgIpc) is 2.85. The molecule has 1 unspecified atom stereocenters. The van der Waals surface area contributed by atoms with Crippen molar-refractivity contribution in [2.45, 2.75) is 6.23 Å². The van der Waals surface area contributed by atoms with E-state index in [9.17, 15) is 35.1 Å². The summed E-state index contributed by atoms with van der Waals surface area (Å²) in [5.74, 6) is -0.968. The predicted octanol–water partition coefficient (Wildman–Crippen LogP) is 1.29. The van der Waals surface area contributed by atoms with Gasteiger partial charge in [0.2, 0.25) is 0 Å². The first-order chi connectivity index (χ1) is 17.9. The van der Waals surface area contributed by atoms with Crippen LogP contribution in [0.1, 0.15) is 0 Å². The number of ether oxygens (including phenoxy) is 3. The highest BCUT2D eigenvalue weighted by Crippen LogP contribution is 2.35. The van der Waals surface area contributed by atoms with Crippen LogP contribution in [0.25, 0.3) is 11.1 Å². The molecule has 0 bridgehead atoms. The Morgan fingerprint density at radius 3 is 1.61 bits per heavy atom. The number of nitro benzene ring substituents is 1. The molecule has 2 rings (SSSR count). The van der Waals surface area contributed by atoms with Crippen LogP contribution in [0.5, 0.6) is 5.75 Å². The molecule has 0 radical (unpaired) electrons. The number of hydrogen-bond acceptors (Lipinski definition) is 14. The van der Waals surface area contributed by atoms with Crippen molar-refractivity contribution >= 4 is 24.0 Å². The van der Waals surface area contributed by atoms with Gasteiger partial charge in [-0.25, -0.2) is 4.79 Å². The Morgan fingerprint density at radius 1 is 0.868 bits per heavy atom. The minimum atomic E-state index is -1.94. The maximum atomic E-state index is 11.0. The fraction of sp³-hybridized carbons (Fsp3) is 0.250. The SMILES string of the molecule is COC(C(=O)O)[N+](=O)[O-].COC[N+](=O)[O-].COc1ccccc1-c1ccccc1[N+](=O)[O-].O=C=O.O=C=O. The highest BCUT2D eigenvalue weighted by atomic mass is 16.7. The molecular weight excluding hydrogens is 522 g/mol. The van der Waals surface area contributed by atoms with Gasteiger partial charge in [-0.1, -0.05) is 30.3 Å². The number of aliphatic carboxylic acids is 1. The van der Waals surface area contributed by atoms with E-state index in [1.54, 1.807) is 37.4 Å². The normalized spacial score (nSPS) is 9.13. The molecule has 18 nitrogen and oxygen atoms in total. The summed E-state index contributed by atoms with van der Waals surface area (Å²) in [7, 11) is 3.79. The third-order valence-electron chi connectivity index (χ3n) is 3.36. The largest absolute Gasteiger partial charge is 0.496 e. The standard InChI is InChI=1S/C13H11NO3.C3H5NO5.C2H5NO3.2CO2/c1-17-13-9-5-3-7-11(13)10-6-2-4-8-12(10)14(15)16;1-9-2(3(5)6)4(7)8;1-6-2-3(4)5;2*2-1-3/h2-9H,1H3;2H,1H3,(H,5,6);2H2,1H3;;. The number of para-hydroxylation sites is 2. The van der Waals surface area contributed by atoms with Gasteiger partial charge < -0.3 is 19.3 Å². The molecule has 0 aromatic heterocycles. The second-order valence-electron chi connectivity index (χ2n) is 5.60. The summed E-state index contributed by atoms with van der Waals surface area (Å²) in [4.78, 5) is 70.3. The summed E-state index contributed by atoms with van der Waals surface area (Å²) in [6.45, 7) is -0.403. The van der Waals surface area contributed by atoms with Gasteiger partial charge in [0.1, 0.15) is 5.75 Å². The van der Waals surface area contributed by atoms with Crippen LogP contribution in [0.3, 0.4) is 0 Å². The van der Waals surface area contributed by atoms with Gasteiger partial charge in [0, 0.05) is 30.8 Å². The van der Waals surface area contributed by atoms with Gasteiger partial charge in [-0.3, -0.25) is 30.3 Å². The van der Waals surface area contributed by atoms with Crippen molar-refractivity contribution in [1.29, 1.82) is 0 Å². The van der Waals surface area contributed by atoms with Gasteiger partial charge in [-0.2, -0.15) is 19.2 Å². The molecule has 0 heterocycles. The lowest BCUT2D eigenvalue weighted by Gasteiger charge is -2.08. The number of carbonyl (C=O) groups is 1. The van der Waals surface area contributed by atoms with Gasteiger partial charge in [-0.15, -0.1) is 0 Å². The molecule has 38 heavy (non-hydrogen) atoms. The highest BCUT2D eigenvalue weighted by Gasteiger charge is 2.28. The molecule has 2 aromatic carbocycles. The van der Waals surface area contributed by atoms with E-state index in [0.29, 0.717) is 11.3 Å². The molecule has 0 aliphatic rings. The quantitative estimate of drug-likeness (QED) is 0.279. The molecule has 1 atom stereocenters. The Hall–Kier alpha value is -5.41. The van der Waals surface area contributed by atoms with E-state index < -0.39 is 28.8 Å². The molecule has 0 fully saturated rings. The van der Waals surface area contributed by atoms with E-state index >= 15 is 0 Å². The molecule has 0 aliphatic carbocycles. The molecule has 2 aromatic rings. The lowest BCUT2D eigenvalue weighted by Crippen LogP contribution is -2.30. The monoisotopic (exact) mass is 543 g/mol. The van der Waals surface area contributed by atoms with Gasteiger partial charge in [-0.05, 0) is 12.1 Å². The minimum absolute atomic E-state index is 0.0806. The number of carboxylic acid groups (broad SMARTS) is 1. The Labute approximate surface area is 212 Å². The number of methoxy groups -OCH3 is 3. The van der Waals surface area contributed by atoms with Crippen LogP contribution in [0.4, 0.5) is 5.69 Å². The fourth-order valence-corrected chi connectivity index (χ4v) is 2.11. The van der Waals surface area contributed by atoms with Crippen molar-refractivity contribution < 1.29 is 58.1 Å². The van der Waals surface area contributed by atoms with Crippen molar-refractivity contribution in [3.8, 4) is 16.9 Å². The van der Waals surface area contributed by atoms with E-state index in [4.69, 9.17) is 29.0 Å². The zero-order valence-electron chi connectivity index (χ0n) is 19.9. The molecule has 206 valence electrons. The van der Waals surface area contributed by atoms with Crippen LogP contribution in [0.2, 0.25) is 0 Å². The van der Waals surface area contributed by atoms with E-state index in [-0.39, 0.29) is 22.9 Å². The van der Waals surface area contributed by atoms with E-state index in [1.165, 1.54) is 13.2 Å². The maximum Gasteiger partial charge on any atom is 0.412 e. The van der Waals surface area contributed by atoms with Crippen LogP contribution in [0, 0.1) is 30.3 Å². The maximum absolute atomic E-state index is 11.0. The van der Waals surface area contributed by atoms with Crippen molar-refractivity contribution in [2.24, 2.45) is 0 Å². The summed E-state index contributed by atoms with van der Waals surface area (Å²) in [6, 6.07) is 13.9. The lowest BCUT2D eigenvalue weighted by molar-refractivity contribution is -0.558. The number of nitrogens with zero attached hydrogens (tertiary/aromatic N) is 3. The molecular formula is C20H21N3O15. The Kier molecular flexibility index (Phi) is 22.8. The summed E-state index contributed by atoms with van der Waals surface area (Å²) in [5, 5.41) is 37.9. The van der Waals surface area contributed by atoms with E-state index in [2.05, 4.69) is 9.47 Å². The number of nitro groups is 3. The van der Waals surface area contributed by atoms with Crippen molar-refractivity contribution in [3.05, 3.63) is 78.9 Å². The average molecular weight is 543 g/mol. The number of rotatable bonds is 8. The van der Waals surface area contributed by atoms with Crippen LogP contribution < -0.4 is 4.74 Å². The third kappa shape index (κ3) is 17.1. The molecule has 0 spiro atoms. The first-order valence-electron chi connectivity index (χ1n) is 9.28. The second-order valence-corrected chi connectivity index (χ2v) is 5.60. The van der Waals surface area contributed by atoms with Crippen molar-refractivity contribution in [2.75, 3.05) is 28.1 Å². The molecule has 18 heteroatoms. The van der Waals surface area contributed by atoms with Gasteiger partial charge in [0.15, 0.2) is 0 Å². The van der Waals surface area contributed by atoms with Crippen LogP contribution in [-0.4, -0.2) is 72.4 Å². The fourth-order valence-electron chi connectivity index (χ4n) is 2.11. The summed E-state index contributed by atoms with van der Waals surface area (Å²) >= 11 is 0. The number of hydrogen-bond donors (Lipinski definition) is 1. The predicted molar refractivity (Wildman–Crippen MR) is 119 cm³/mol. The van der Waals surface area contributed by atoms with Crippen LogP contribution in [-0.2, 0) is 33.4 Å². The lowest BCUT2D eigenvalue weighted by atomic mass is 10.0. The molecule has 0 saturated heterocycles. The molecule has 0 aliphatic heterocycles. The molecule has 0 amide bonds. The topological polar surface area (TPSA) is 263 Å². The first-order valence-corrected chi connectivity index (χ1v) is 9.28.